The van der Waals surface area contributed by atoms with Gasteiger partial charge < -0.3 is 10.6 Å². The number of anilines is 1. The van der Waals surface area contributed by atoms with Crippen LogP contribution in [-0.2, 0) is 4.79 Å². The molecule has 86 valence electrons. The van der Waals surface area contributed by atoms with Crippen LogP contribution in [-0.4, -0.2) is 17.4 Å². The second-order valence-corrected chi connectivity index (χ2v) is 4.27. The molecular formula is C13H18N2O. The lowest BCUT2D eigenvalue weighted by Gasteiger charge is -2.24. The van der Waals surface area contributed by atoms with Crippen LogP contribution in [0.1, 0.15) is 37.8 Å². The van der Waals surface area contributed by atoms with Gasteiger partial charge in [-0.3, -0.25) is 4.79 Å². The predicted octanol–water partition coefficient (Wildman–Crippen LogP) is 2.34. The first kappa shape index (κ1) is 11.0. The van der Waals surface area contributed by atoms with Crippen LogP contribution in [0, 0.1) is 0 Å². The van der Waals surface area contributed by atoms with E-state index in [-0.39, 0.29) is 11.9 Å². The standard InChI is InChI=1S/C13H18N2O/c1-2-13(16)15-8-4-7-12(15)10-5-3-6-11(14)9-10/h3,5-6,9,12H,2,4,7-8,14H2,1H3. The summed E-state index contributed by atoms with van der Waals surface area (Å²) in [5.74, 6) is 0.241. The van der Waals surface area contributed by atoms with E-state index in [1.54, 1.807) is 0 Å². The largest absolute Gasteiger partial charge is 0.399 e. The summed E-state index contributed by atoms with van der Waals surface area (Å²) in [6.45, 7) is 2.79. The Balaban J connectivity index is 2.23. The molecule has 1 amide bonds. The van der Waals surface area contributed by atoms with Gasteiger partial charge in [-0.05, 0) is 30.5 Å². The summed E-state index contributed by atoms with van der Waals surface area (Å²) in [5, 5.41) is 0. The van der Waals surface area contributed by atoms with E-state index in [0.717, 1.165) is 25.1 Å². The normalized spacial score (nSPS) is 20.1. The van der Waals surface area contributed by atoms with Gasteiger partial charge in [0.05, 0.1) is 6.04 Å². The third-order valence-electron chi connectivity index (χ3n) is 3.17. The molecule has 0 bridgehead atoms. The molecule has 1 heterocycles. The number of amides is 1. The summed E-state index contributed by atoms with van der Waals surface area (Å²) in [6.07, 6.45) is 2.72. The SMILES string of the molecule is CCC(=O)N1CCCC1c1cccc(N)c1. The number of carbonyl (C=O) groups excluding carboxylic acids is 1. The fourth-order valence-corrected chi connectivity index (χ4v) is 2.38. The molecule has 0 aromatic heterocycles. The molecule has 0 saturated carbocycles. The highest BCUT2D eigenvalue weighted by molar-refractivity contribution is 5.76. The maximum absolute atomic E-state index is 11.8. The van der Waals surface area contributed by atoms with E-state index < -0.39 is 0 Å². The van der Waals surface area contributed by atoms with Gasteiger partial charge in [-0.1, -0.05) is 19.1 Å². The molecule has 1 unspecified atom stereocenters. The highest BCUT2D eigenvalue weighted by Gasteiger charge is 2.28. The van der Waals surface area contributed by atoms with Gasteiger partial charge in [-0.25, -0.2) is 0 Å². The molecule has 1 aromatic rings. The summed E-state index contributed by atoms with van der Waals surface area (Å²) >= 11 is 0. The monoisotopic (exact) mass is 218 g/mol. The first-order valence-corrected chi connectivity index (χ1v) is 5.87. The van der Waals surface area contributed by atoms with Crippen molar-refractivity contribution in [2.75, 3.05) is 12.3 Å². The van der Waals surface area contributed by atoms with Gasteiger partial charge in [-0.2, -0.15) is 0 Å². The third kappa shape index (κ3) is 2.03. The Bertz CT molecular complexity index is 389. The Hall–Kier alpha value is -1.51. The molecule has 1 aliphatic heterocycles. The smallest absolute Gasteiger partial charge is 0.222 e. The maximum atomic E-state index is 11.8. The molecule has 0 aliphatic carbocycles. The molecule has 2 rings (SSSR count). The average molecular weight is 218 g/mol. The first-order valence-electron chi connectivity index (χ1n) is 5.87. The molecule has 1 saturated heterocycles. The van der Waals surface area contributed by atoms with Crippen molar-refractivity contribution < 1.29 is 4.79 Å². The highest BCUT2D eigenvalue weighted by Crippen LogP contribution is 2.32. The lowest BCUT2D eigenvalue weighted by molar-refractivity contribution is -0.131. The summed E-state index contributed by atoms with van der Waals surface area (Å²) < 4.78 is 0. The van der Waals surface area contributed by atoms with E-state index in [1.165, 1.54) is 5.56 Å². The molecule has 3 nitrogen and oxygen atoms in total. The highest BCUT2D eigenvalue weighted by atomic mass is 16.2. The average Bonchev–Trinajstić information content (AvgIpc) is 2.77. The fourth-order valence-electron chi connectivity index (χ4n) is 2.38. The second kappa shape index (κ2) is 4.56. The van der Waals surface area contributed by atoms with E-state index in [2.05, 4.69) is 6.07 Å². The summed E-state index contributed by atoms with van der Waals surface area (Å²) in [5.41, 5.74) is 7.71. The van der Waals surface area contributed by atoms with Crippen LogP contribution in [0.2, 0.25) is 0 Å². The van der Waals surface area contributed by atoms with Crippen molar-refractivity contribution in [2.45, 2.75) is 32.2 Å². The molecule has 1 aliphatic rings. The van der Waals surface area contributed by atoms with Crippen molar-refractivity contribution in [2.24, 2.45) is 0 Å². The zero-order valence-corrected chi connectivity index (χ0v) is 9.65. The number of benzene rings is 1. The van der Waals surface area contributed by atoms with Crippen molar-refractivity contribution in [3.8, 4) is 0 Å². The molecule has 2 N–H and O–H groups in total. The minimum atomic E-state index is 0.232. The Morgan fingerprint density at radius 3 is 3.06 bits per heavy atom. The molecule has 3 heteroatoms. The van der Waals surface area contributed by atoms with Crippen molar-refractivity contribution in [1.29, 1.82) is 0 Å². The number of hydrogen-bond donors (Lipinski definition) is 1. The van der Waals surface area contributed by atoms with Crippen LogP contribution in [0.25, 0.3) is 0 Å². The Morgan fingerprint density at radius 1 is 1.56 bits per heavy atom. The predicted molar refractivity (Wildman–Crippen MR) is 64.8 cm³/mol. The molecule has 1 fully saturated rings. The van der Waals surface area contributed by atoms with E-state index in [9.17, 15) is 4.79 Å². The van der Waals surface area contributed by atoms with Gasteiger partial charge in [0, 0.05) is 18.7 Å². The Kier molecular flexibility index (Phi) is 3.13. The van der Waals surface area contributed by atoms with Gasteiger partial charge in [0.2, 0.25) is 5.91 Å². The van der Waals surface area contributed by atoms with Gasteiger partial charge in [0.25, 0.3) is 0 Å². The van der Waals surface area contributed by atoms with Gasteiger partial charge in [-0.15, -0.1) is 0 Å². The van der Waals surface area contributed by atoms with E-state index in [4.69, 9.17) is 5.73 Å². The lowest BCUT2D eigenvalue weighted by atomic mass is 10.0. The van der Waals surface area contributed by atoms with Crippen LogP contribution < -0.4 is 5.73 Å². The van der Waals surface area contributed by atoms with Crippen LogP contribution in [0.5, 0.6) is 0 Å². The number of nitrogens with zero attached hydrogens (tertiary/aromatic N) is 1. The number of likely N-dealkylation sites (tertiary alicyclic amines) is 1. The van der Waals surface area contributed by atoms with Crippen molar-refractivity contribution in [3.63, 3.8) is 0 Å². The number of carbonyl (C=O) groups is 1. The summed E-state index contributed by atoms with van der Waals surface area (Å²) in [4.78, 5) is 13.8. The van der Waals surface area contributed by atoms with E-state index >= 15 is 0 Å². The first-order chi connectivity index (χ1) is 7.72. The molecule has 0 radical (unpaired) electrons. The molecule has 1 atom stereocenters. The van der Waals surface area contributed by atoms with Crippen LogP contribution in [0.3, 0.4) is 0 Å². The van der Waals surface area contributed by atoms with Gasteiger partial charge >= 0.3 is 0 Å². The molecule has 0 spiro atoms. The number of nitrogens with two attached hydrogens (primary N) is 1. The van der Waals surface area contributed by atoms with Crippen molar-refractivity contribution in [1.82, 2.24) is 4.90 Å². The van der Waals surface area contributed by atoms with Crippen molar-refractivity contribution in [3.05, 3.63) is 29.8 Å². The van der Waals surface area contributed by atoms with Crippen molar-refractivity contribution >= 4 is 11.6 Å². The fraction of sp³-hybridized carbons (Fsp3) is 0.462. The quantitative estimate of drug-likeness (QED) is 0.774. The molecule has 16 heavy (non-hydrogen) atoms. The van der Waals surface area contributed by atoms with E-state index in [1.807, 2.05) is 30.0 Å². The Morgan fingerprint density at radius 2 is 2.38 bits per heavy atom. The van der Waals surface area contributed by atoms with Crippen LogP contribution >= 0.6 is 0 Å². The third-order valence-corrected chi connectivity index (χ3v) is 3.17. The van der Waals surface area contributed by atoms with Gasteiger partial charge in [0.15, 0.2) is 0 Å². The zero-order chi connectivity index (χ0) is 11.5. The lowest BCUT2D eigenvalue weighted by Crippen LogP contribution is -2.29. The minimum Gasteiger partial charge on any atom is -0.399 e. The molecule has 1 aromatic carbocycles. The minimum absolute atomic E-state index is 0.232. The Labute approximate surface area is 96.2 Å². The maximum Gasteiger partial charge on any atom is 0.222 e. The van der Waals surface area contributed by atoms with Gasteiger partial charge in [0.1, 0.15) is 0 Å². The van der Waals surface area contributed by atoms with Crippen LogP contribution in [0.4, 0.5) is 5.69 Å². The number of rotatable bonds is 2. The zero-order valence-electron chi connectivity index (χ0n) is 9.65. The van der Waals surface area contributed by atoms with Crippen LogP contribution in [0.15, 0.2) is 24.3 Å². The van der Waals surface area contributed by atoms with E-state index in [0.29, 0.717) is 6.42 Å². The molecular weight excluding hydrogens is 200 g/mol. The topological polar surface area (TPSA) is 46.3 Å². The number of nitrogen functional groups attached to an aromatic ring is 1. The number of hydrogen-bond acceptors (Lipinski definition) is 2. The summed E-state index contributed by atoms with van der Waals surface area (Å²) in [6, 6.07) is 8.10. The second-order valence-electron chi connectivity index (χ2n) is 4.27. The summed E-state index contributed by atoms with van der Waals surface area (Å²) in [7, 11) is 0.